The van der Waals surface area contributed by atoms with Gasteiger partial charge in [0.15, 0.2) is 0 Å². The van der Waals surface area contributed by atoms with E-state index >= 15 is 0 Å². The minimum Gasteiger partial charge on any atom is -0.458 e. The van der Waals surface area contributed by atoms with Gasteiger partial charge in [0, 0.05) is 6.07 Å². The zero-order valence-corrected chi connectivity index (χ0v) is 11.8. The summed E-state index contributed by atoms with van der Waals surface area (Å²) in [6.45, 7) is 0. The van der Waals surface area contributed by atoms with Crippen molar-refractivity contribution in [2.45, 2.75) is -0.379 Å². The van der Waals surface area contributed by atoms with Gasteiger partial charge in [-0.2, -0.15) is 0 Å². The van der Waals surface area contributed by atoms with Crippen LogP contribution < -0.4 is 4.74 Å². The Morgan fingerprint density at radius 2 is 2.00 bits per heavy atom. The first-order chi connectivity index (χ1) is 5.08. The lowest BCUT2D eigenvalue weighted by atomic mass is 10.3. The minimum absolute atomic E-state index is 0.217. The van der Waals surface area contributed by atoms with E-state index in [-0.39, 0.29) is -0.379 Å². The molecule has 11 heavy (non-hydrogen) atoms. The highest BCUT2D eigenvalue weighted by Crippen LogP contribution is 2.37. The van der Waals surface area contributed by atoms with Gasteiger partial charge in [0.05, 0.1) is 0 Å². The van der Waals surface area contributed by atoms with Crippen molar-refractivity contribution >= 4 is 67.8 Å². The molecule has 0 atom stereocenters. The number of benzene rings is 1. The fourth-order valence-electron chi connectivity index (χ4n) is 0.565. The number of rotatable bonds is 2. The van der Waals surface area contributed by atoms with E-state index in [9.17, 15) is 0 Å². The molecule has 1 aromatic carbocycles. The van der Waals surface area contributed by atoms with Crippen LogP contribution in [0.25, 0.3) is 0 Å². The largest absolute Gasteiger partial charge is 0.458 e. The van der Waals surface area contributed by atoms with Crippen molar-refractivity contribution in [2.24, 2.45) is 0 Å². The van der Waals surface area contributed by atoms with Gasteiger partial charge in [-0.25, -0.2) is 0 Å². The van der Waals surface area contributed by atoms with E-state index < -0.39 is 0 Å². The molecule has 0 saturated heterocycles. The second-order valence-electron chi connectivity index (χ2n) is 1.77. The van der Waals surface area contributed by atoms with Crippen LogP contribution in [0.5, 0.6) is 5.75 Å². The Labute approximate surface area is 107 Å². The molecule has 1 radical (unpaired) electrons. The van der Waals surface area contributed by atoms with Gasteiger partial charge in [-0.05, 0) is 73.8 Å². The predicted molar refractivity (Wildman–Crippen MR) is 70.7 cm³/mol. The second kappa shape index (κ2) is 4.45. The van der Waals surface area contributed by atoms with Crippen LogP contribution >= 0.6 is 67.8 Å². The molecule has 0 aliphatic heterocycles. The summed E-state index contributed by atoms with van der Waals surface area (Å²) >= 11 is 6.63. The summed E-state index contributed by atoms with van der Waals surface area (Å²) in [4.78, 5) is 0. The molecule has 0 saturated carbocycles. The number of alkyl halides is 3. The van der Waals surface area contributed by atoms with Crippen molar-refractivity contribution in [3.05, 3.63) is 30.3 Å². The summed E-state index contributed by atoms with van der Waals surface area (Å²) in [5.74, 6) is 0.783. The first-order valence-electron chi connectivity index (χ1n) is 2.80. The number of hydrogen-bond acceptors (Lipinski definition) is 1. The van der Waals surface area contributed by atoms with Crippen LogP contribution in [-0.2, 0) is 0 Å². The normalized spacial score (nSPS) is 11.2. The summed E-state index contributed by atoms with van der Waals surface area (Å²) in [5, 5.41) is 0. The smallest absolute Gasteiger partial charge is 0.258 e. The fourth-order valence-corrected chi connectivity index (χ4v) is 1.28. The van der Waals surface area contributed by atoms with Gasteiger partial charge in [-0.1, -0.05) is 18.2 Å². The second-order valence-corrected chi connectivity index (χ2v) is 12.5. The molecule has 0 heterocycles. The molecule has 0 unspecified atom stereocenters. The van der Waals surface area contributed by atoms with Gasteiger partial charge >= 0.3 is 0 Å². The molecule has 1 rings (SSSR count). The number of hydrogen-bond donors (Lipinski definition) is 0. The van der Waals surface area contributed by atoms with Gasteiger partial charge in [-0.15, -0.1) is 0 Å². The van der Waals surface area contributed by atoms with E-state index in [0.29, 0.717) is 0 Å². The third-order valence-electron chi connectivity index (χ3n) is 0.906. The van der Waals surface area contributed by atoms with Gasteiger partial charge < -0.3 is 4.74 Å². The molecule has 0 bridgehead atoms. The first kappa shape index (κ1) is 10.3. The van der Waals surface area contributed by atoms with Crippen LogP contribution in [0.2, 0.25) is 0 Å². The Bertz CT molecular complexity index is 217. The van der Waals surface area contributed by atoms with Crippen LogP contribution in [0, 0.1) is 6.07 Å². The van der Waals surface area contributed by atoms with Crippen molar-refractivity contribution in [2.75, 3.05) is 0 Å². The van der Waals surface area contributed by atoms with Gasteiger partial charge in [0.2, 0.25) is 0 Å². The highest BCUT2D eigenvalue weighted by molar-refractivity contribution is 14.3. The van der Waals surface area contributed by atoms with Crippen molar-refractivity contribution in [1.82, 2.24) is 0 Å². The highest BCUT2D eigenvalue weighted by Gasteiger charge is 2.18. The van der Waals surface area contributed by atoms with Gasteiger partial charge in [0.25, 0.3) is -0.379 Å². The monoisotopic (exact) mass is 485 g/mol. The first-order valence-corrected chi connectivity index (χ1v) is 6.04. The Balaban J connectivity index is 2.66. The van der Waals surface area contributed by atoms with Gasteiger partial charge in [-0.3, -0.25) is 0 Å². The molecule has 4 heteroatoms. The molecule has 0 spiro atoms. The Morgan fingerprint density at radius 3 is 2.45 bits per heavy atom. The number of ether oxygens (including phenoxy) is 1. The third-order valence-corrected chi connectivity index (χ3v) is 1.57. The Morgan fingerprint density at radius 1 is 1.27 bits per heavy atom. The van der Waals surface area contributed by atoms with Crippen LogP contribution in [0.1, 0.15) is 0 Å². The summed E-state index contributed by atoms with van der Waals surface area (Å²) in [6, 6.07) is 10.6. The average Bonchev–Trinajstić information content (AvgIpc) is 1.85. The predicted octanol–water partition coefficient (Wildman–Crippen LogP) is 3.78. The molecule has 0 N–H and O–H groups in total. The maximum absolute atomic E-state index is 5.51. The molecule has 59 valence electrons. The Hall–Kier alpha value is 1.21. The Kier molecular flexibility index (Phi) is 4.16. The zero-order chi connectivity index (χ0) is 8.32. The summed E-state index contributed by atoms with van der Waals surface area (Å²) < 4.78 is 5.29. The fraction of sp³-hybridized carbons (Fsp3) is 0.143. The molecule has 0 aromatic heterocycles. The average molecular weight is 485 g/mol. The van der Waals surface area contributed by atoms with E-state index in [1.807, 2.05) is 24.3 Å². The third kappa shape index (κ3) is 4.71. The van der Waals surface area contributed by atoms with E-state index in [1.165, 1.54) is 0 Å². The minimum atomic E-state index is -0.217. The van der Waals surface area contributed by atoms with Crippen LogP contribution in [0.15, 0.2) is 24.3 Å². The van der Waals surface area contributed by atoms with Crippen LogP contribution in [0.4, 0.5) is 0 Å². The van der Waals surface area contributed by atoms with Crippen molar-refractivity contribution in [1.29, 1.82) is 0 Å². The molecular weight excluding hydrogens is 481 g/mol. The van der Waals surface area contributed by atoms with E-state index in [0.717, 1.165) is 5.75 Å². The standard InChI is InChI=1S/C7H4I3O/c8-7(9,10)11-6-4-2-1-3-5-6/h1-4H. The molecule has 0 aliphatic carbocycles. The summed E-state index contributed by atoms with van der Waals surface area (Å²) in [7, 11) is 0. The summed E-state index contributed by atoms with van der Waals surface area (Å²) in [6.07, 6.45) is 0. The molecule has 1 aromatic rings. The van der Waals surface area contributed by atoms with E-state index in [1.54, 1.807) is 0 Å². The van der Waals surface area contributed by atoms with Crippen molar-refractivity contribution in [3.63, 3.8) is 0 Å². The molecule has 0 amide bonds. The van der Waals surface area contributed by atoms with Crippen LogP contribution in [-0.4, -0.2) is -0.379 Å². The van der Waals surface area contributed by atoms with E-state index in [2.05, 4.69) is 73.8 Å². The van der Waals surface area contributed by atoms with Crippen molar-refractivity contribution in [3.8, 4) is 5.75 Å². The molecule has 1 nitrogen and oxygen atoms in total. The van der Waals surface area contributed by atoms with Crippen LogP contribution in [0.3, 0.4) is 0 Å². The number of para-hydroxylation sites is 1. The SMILES string of the molecule is IC(I)(I)Oc1[c]cccc1. The quantitative estimate of drug-likeness (QED) is 0.459. The topological polar surface area (TPSA) is 9.23 Å². The lowest BCUT2D eigenvalue weighted by Gasteiger charge is -2.14. The van der Waals surface area contributed by atoms with Gasteiger partial charge in [0.1, 0.15) is 5.75 Å². The molecule has 0 fully saturated rings. The lowest BCUT2D eigenvalue weighted by molar-refractivity contribution is 0.378. The van der Waals surface area contributed by atoms with Crippen molar-refractivity contribution < 1.29 is 4.74 Å². The maximum Gasteiger partial charge on any atom is 0.258 e. The maximum atomic E-state index is 5.51. The molecule has 0 aliphatic rings. The lowest BCUT2D eigenvalue weighted by Crippen LogP contribution is -2.09. The zero-order valence-electron chi connectivity index (χ0n) is 5.35. The highest BCUT2D eigenvalue weighted by atomic mass is 127. The number of halogens is 3. The van der Waals surface area contributed by atoms with E-state index in [4.69, 9.17) is 4.74 Å². The summed E-state index contributed by atoms with van der Waals surface area (Å²) in [5.41, 5.74) is 0. The molecular formula is C7H4I3O.